The van der Waals surface area contributed by atoms with E-state index in [1.807, 2.05) is 31.2 Å². The van der Waals surface area contributed by atoms with Gasteiger partial charge in [-0.3, -0.25) is 4.79 Å². The van der Waals surface area contributed by atoms with E-state index < -0.39 is 0 Å². The second kappa shape index (κ2) is 9.44. The third-order valence-corrected chi connectivity index (χ3v) is 3.62. The number of carbonyl (C=O) groups is 1. The first-order chi connectivity index (χ1) is 12.1. The van der Waals surface area contributed by atoms with Gasteiger partial charge in [0.2, 0.25) is 5.91 Å². The third kappa shape index (κ3) is 5.93. The number of ether oxygens (including phenoxy) is 1. The Balaban J connectivity index is 1.92. The van der Waals surface area contributed by atoms with E-state index in [2.05, 4.69) is 15.6 Å². The van der Waals surface area contributed by atoms with Gasteiger partial charge in [0.05, 0.1) is 31.6 Å². The number of carbonyl (C=O) groups excluding carboxylic acids is 1. The van der Waals surface area contributed by atoms with Crippen molar-refractivity contribution in [1.82, 2.24) is 4.98 Å². The van der Waals surface area contributed by atoms with Crippen molar-refractivity contribution in [1.29, 1.82) is 0 Å². The zero-order valence-corrected chi connectivity index (χ0v) is 14.4. The molecule has 1 heterocycles. The Morgan fingerprint density at radius 1 is 1.36 bits per heavy atom. The van der Waals surface area contributed by atoms with Gasteiger partial charge < -0.3 is 20.5 Å². The van der Waals surface area contributed by atoms with Gasteiger partial charge in [-0.05, 0) is 42.3 Å². The first-order valence-electron chi connectivity index (χ1n) is 8.11. The summed E-state index contributed by atoms with van der Waals surface area (Å²) in [6, 6.07) is 10.9. The molecule has 132 valence electrons. The van der Waals surface area contributed by atoms with E-state index in [1.54, 1.807) is 31.5 Å². The highest BCUT2D eigenvalue weighted by Gasteiger charge is 2.05. The molecule has 1 aromatic carbocycles. The minimum Gasteiger partial charge on any atom is -0.497 e. The summed E-state index contributed by atoms with van der Waals surface area (Å²) in [7, 11) is 1.60. The molecule has 0 aliphatic heterocycles. The molecule has 0 fully saturated rings. The fourth-order valence-electron chi connectivity index (χ4n) is 2.14. The smallest absolute Gasteiger partial charge is 0.248 e. The standard InChI is InChI=1S/C19H23N3O3/c1-3-15(13-23)21-18-9-8-16(12-20-18)22-19(24)10-7-14-5-4-6-17(11-14)25-2/h4-12,15,23H,3,13H2,1-2H3,(H,20,21)(H,22,24)/b10-7+. The average molecular weight is 341 g/mol. The van der Waals surface area contributed by atoms with Crippen LogP contribution in [0.3, 0.4) is 0 Å². The molecule has 6 heteroatoms. The molecule has 0 bridgehead atoms. The summed E-state index contributed by atoms with van der Waals surface area (Å²) < 4.78 is 5.15. The van der Waals surface area contributed by atoms with E-state index in [-0.39, 0.29) is 18.6 Å². The van der Waals surface area contributed by atoms with Crippen molar-refractivity contribution < 1.29 is 14.6 Å². The van der Waals surface area contributed by atoms with Gasteiger partial charge in [0, 0.05) is 6.08 Å². The molecule has 0 aliphatic carbocycles. The SMILES string of the molecule is CCC(CO)Nc1ccc(NC(=O)/C=C/c2cccc(OC)c2)cn1. The fraction of sp³-hybridized carbons (Fsp3) is 0.263. The average Bonchev–Trinajstić information content (AvgIpc) is 2.66. The Kier molecular flexibility index (Phi) is 6.98. The second-order valence-corrected chi connectivity index (χ2v) is 5.46. The van der Waals surface area contributed by atoms with E-state index in [1.165, 1.54) is 6.08 Å². The highest BCUT2D eigenvalue weighted by molar-refractivity contribution is 6.01. The number of pyridine rings is 1. The quantitative estimate of drug-likeness (QED) is 0.643. The molecule has 0 aliphatic rings. The summed E-state index contributed by atoms with van der Waals surface area (Å²) in [4.78, 5) is 16.2. The minimum absolute atomic E-state index is 0.0289. The van der Waals surface area contributed by atoms with E-state index >= 15 is 0 Å². The molecule has 0 saturated heterocycles. The Hall–Kier alpha value is -2.86. The molecule has 25 heavy (non-hydrogen) atoms. The number of rotatable bonds is 8. The van der Waals surface area contributed by atoms with E-state index in [4.69, 9.17) is 4.74 Å². The first kappa shape index (κ1) is 18.5. The molecular formula is C19H23N3O3. The Morgan fingerprint density at radius 3 is 2.84 bits per heavy atom. The van der Waals surface area contributed by atoms with Crippen LogP contribution >= 0.6 is 0 Å². The molecule has 1 unspecified atom stereocenters. The highest BCUT2D eigenvalue weighted by atomic mass is 16.5. The lowest BCUT2D eigenvalue weighted by molar-refractivity contribution is -0.111. The van der Waals surface area contributed by atoms with Gasteiger partial charge in [0.25, 0.3) is 0 Å². The number of anilines is 2. The van der Waals surface area contributed by atoms with Crippen molar-refractivity contribution in [3.05, 3.63) is 54.2 Å². The van der Waals surface area contributed by atoms with Gasteiger partial charge in [0.15, 0.2) is 0 Å². The van der Waals surface area contributed by atoms with Crippen molar-refractivity contribution in [2.45, 2.75) is 19.4 Å². The van der Waals surface area contributed by atoms with Gasteiger partial charge in [0.1, 0.15) is 11.6 Å². The molecule has 0 spiro atoms. The van der Waals surface area contributed by atoms with Crippen LogP contribution in [-0.2, 0) is 4.79 Å². The highest BCUT2D eigenvalue weighted by Crippen LogP contribution is 2.14. The van der Waals surface area contributed by atoms with Crippen LogP contribution < -0.4 is 15.4 Å². The van der Waals surface area contributed by atoms with Crippen molar-refractivity contribution in [2.75, 3.05) is 24.4 Å². The minimum atomic E-state index is -0.243. The number of aliphatic hydroxyl groups excluding tert-OH is 1. The van der Waals surface area contributed by atoms with Gasteiger partial charge in [-0.1, -0.05) is 19.1 Å². The van der Waals surface area contributed by atoms with Crippen LogP contribution in [0, 0.1) is 0 Å². The molecule has 2 rings (SSSR count). The summed E-state index contributed by atoms with van der Waals surface area (Å²) >= 11 is 0. The summed E-state index contributed by atoms with van der Waals surface area (Å²) in [6.07, 6.45) is 5.55. The van der Waals surface area contributed by atoms with Crippen molar-refractivity contribution in [3.8, 4) is 5.75 Å². The topological polar surface area (TPSA) is 83.5 Å². The first-order valence-corrected chi connectivity index (χ1v) is 8.11. The Morgan fingerprint density at radius 2 is 2.20 bits per heavy atom. The summed E-state index contributed by atoms with van der Waals surface area (Å²) in [5, 5.41) is 15.1. The molecule has 3 N–H and O–H groups in total. The Labute approximate surface area is 147 Å². The van der Waals surface area contributed by atoms with E-state index in [9.17, 15) is 9.90 Å². The van der Waals surface area contributed by atoms with Gasteiger partial charge in [-0.2, -0.15) is 0 Å². The molecule has 1 aromatic heterocycles. The van der Waals surface area contributed by atoms with Crippen LogP contribution in [0.25, 0.3) is 6.08 Å². The second-order valence-electron chi connectivity index (χ2n) is 5.46. The molecule has 1 atom stereocenters. The molecular weight excluding hydrogens is 318 g/mol. The molecule has 0 radical (unpaired) electrons. The van der Waals surface area contributed by atoms with Crippen LogP contribution in [0.15, 0.2) is 48.7 Å². The maximum atomic E-state index is 12.0. The summed E-state index contributed by atoms with van der Waals surface area (Å²) in [5.41, 5.74) is 1.48. The lowest BCUT2D eigenvalue weighted by atomic mass is 10.2. The van der Waals surface area contributed by atoms with Crippen molar-refractivity contribution in [3.63, 3.8) is 0 Å². The fourth-order valence-corrected chi connectivity index (χ4v) is 2.14. The lowest BCUT2D eigenvalue weighted by Crippen LogP contribution is -2.23. The van der Waals surface area contributed by atoms with Gasteiger partial charge in [-0.15, -0.1) is 0 Å². The largest absolute Gasteiger partial charge is 0.497 e. The Bertz CT molecular complexity index is 710. The summed E-state index contributed by atoms with van der Waals surface area (Å²) in [5.74, 6) is 1.15. The molecule has 0 saturated carbocycles. The van der Waals surface area contributed by atoms with Crippen LogP contribution in [0.1, 0.15) is 18.9 Å². The van der Waals surface area contributed by atoms with Crippen molar-refractivity contribution in [2.24, 2.45) is 0 Å². The number of methoxy groups -OCH3 is 1. The van der Waals surface area contributed by atoms with Crippen LogP contribution in [0.4, 0.5) is 11.5 Å². The van der Waals surface area contributed by atoms with Crippen molar-refractivity contribution >= 4 is 23.5 Å². The molecule has 1 amide bonds. The molecule has 6 nitrogen and oxygen atoms in total. The number of hydrogen-bond donors (Lipinski definition) is 3. The van der Waals surface area contributed by atoms with Crippen LogP contribution in [-0.4, -0.2) is 35.8 Å². The normalized spacial score (nSPS) is 12.0. The number of nitrogens with zero attached hydrogens (tertiary/aromatic N) is 1. The third-order valence-electron chi connectivity index (χ3n) is 3.62. The lowest BCUT2D eigenvalue weighted by Gasteiger charge is -2.14. The van der Waals surface area contributed by atoms with E-state index in [0.29, 0.717) is 11.5 Å². The van der Waals surface area contributed by atoms with Crippen LogP contribution in [0.5, 0.6) is 5.75 Å². The number of nitrogens with one attached hydrogen (secondary N) is 2. The monoisotopic (exact) mass is 341 g/mol. The maximum absolute atomic E-state index is 12.0. The maximum Gasteiger partial charge on any atom is 0.248 e. The van der Waals surface area contributed by atoms with Gasteiger partial charge in [-0.25, -0.2) is 4.98 Å². The molecule has 2 aromatic rings. The summed E-state index contributed by atoms with van der Waals surface area (Å²) in [6.45, 7) is 2.03. The number of benzene rings is 1. The van der Waals surface area contributed by atoms with Crippen LogP contribution in [0.2, 0.25) is 0 Å². The van der Waals surface area contributed by atoms with E-state index in [0.717, 1.165) is 17.7 Å². The number of aliphatic hydroxyl groups is 1. The van der Waals surface area contributed by atoms with Gasteiger partial charge >= 0.3 is 0 Å². The predicted molar refractivity (Wildman–Crippen MR) is 99.7 cm³/mol. The predicted octanol–water partition coefficient (Wildman–Crippen LogP) is 2.92. The zero-order valence-electron chi connectivity index (χ0n) is 14.4. The number of hydrogen-bond acceptors (Lipinski definition) is 5. The number of aromatic nitrogens is 1. The zero-order chi connectivity index (χ0) is 18.1. The number of amides is 1.